The number of hydrogen-bond acceptors (Lipinski definition) is 4. The van der Waals surface area contributed by atoms with Crippen LogP contribution in [0.1, 0.15) is 18.9 Å². The summed E-state index contributed by atoms with van der Waals surface area (Å²) < 4.78 is 0. The molecule has 0 bridgehead atoms. The Hall–Kier alpha value is -2.43. The average Bonchev–Trinajstić information content (AvgIpc) is 3.12. The third-order valence-corrected chi connectivity index (χ3v) is 5.52. The zero-order chi connectivity index (χ0) is 16.6. The van der Waals surface area contributed by atoms with E-state index in [2.05, 4.69) is 21.8 Å². The van der Waals surface area contributed by atoms with E-state index < -0.39 is 0 Å². The molecular formula is C19H22N4O. The van der Waals surface area contributed by atoms with Crippen LogP contribution >= 0.6 is 0 Å². The molecule has 4 rings (SSSR count). The van der Waals surface area contributed by atoms with Crippen molar-refractivity contribution < 1.29 is 4.79 Å². The van der Waals surface area contributed by atoms with Gasteiger partial charge in [-0.3, -0.25) is 9.78 Å². The summed E-state index contributed by atoms with van der Waals surface area (Å²) in [4.78, 5) is 26.0. The Morgan fingerprint density at radius 3 is 2.92 bits per heavy atom. The van der Waals surface area contributed by atoms with Gasteiger partial charge < -0.3 is 9.80 Å². The fourth-order valence-corrected chi connectivity index (χ4v) is 4.11. The summed E-state index contributed by atoms with van der Waals surface area (Å²) in [5.41, 5.74) is 0.829. The van der Waals surface area contributed by atoms with Crippen molar-refractivity contribution in [1.29, 1.82) is 0 Å². The van der Waals surface area contributed by atoms with Gasteiger partial charge in [-0.25, -0.2) is 4.98 Å². The first-order chi connectivity index (χ1) is 11.7. The van der Waals surface area contributed by atoms with Crippen molar-refractivity contribution in [2.24, 2.45) is 11.3 Å². The summed E-state index contributed by atoms with van der Waals surface area (Å²) in [6, 6.07) is 9.91. The largest absolute Gasteiger partial charge is 0.355 e. The number of nitrogens with zero attached hydrogens (tertiary/aromatic N) is 4. The maximum atomic E-state index is 13.2. The van der Waals surface area contributed by atoms with Gasteiger partial charge in [0, 0.05) is 44.8 Å². The van der Waals surface area contributed by atoms with Crippen LogP contribution in [-0.4, -0.2) is 40.4 Å². The molecule has 2 fully saturated rings. The zero-order valence-corrected chi connectivity index (χ0v) is 13.9. The molecule has 0 unspecified atom stereocenters. The molecular weight excluding hydrogens is 300 g/mol. The maximum absolute atomic E-state index is 13.2. The van der Waals surface area contributed by atoms with Crippen LogP contribution in [0.4, 0.5) is 5.82 Å². The molecule has 124 valence electrons. The minimum absolute atomic E-state index is 0.264. The Kier molecular flexibility index (Phi) is 3.71. The Bertz CT molecular complexity index is 721. The van der Waals surface area contributed by atoms with Crippen molar-refractivity contribution in [3.63, 3.8) is 0 Å². The SMILES string of the molecule is C[C@@H]1CN(c2ccccn2)C[C@]12CCN(Cc1cccnc1)C2=O. The highest BCUT2D eigenvalue weighted by Gasteiger charge is 2.55. The van der Waals surface area contributed by atoms with Crippen molar-refractivity contribution in [2.75, 3.05) is 24.5 Å². The van der Waals surface area contributed by atoms with Gasteiger partial charge in [-0.2, -0.15) is 0 Å². The number of hydrogen-bond donors (Lipinski definition) is 0. The Morgan fingerprint density at radius 1 is 1.25 bits per heavy atom. The van der Waals surface area contributed by atoms with Crippen LogP contribution in [0.15, 0.2) is 48.9 Å². The lowest BCUT2D eigenvalue weighted by Gasteiger charge is -2.26. The van der Waals surface area contributed by atoms with E-state index in [1.54, 1.807) is 6.20 Å². The third kappa shape index (κ3) is 2.44. The quantitative estimate of drug-likeness (QED) is 0.870. The molecule has 1 spiro atoms. The summed E-state index contributed by atoms with van der Waals surface area (Å²) in [6.07, 6.45) is 6.35. The molecule has 0 saturated carbocycles. The predicted octanol–water partition coefficient (Wildman–Crippen LogP) is 2.35. The fraction of sp³-hybridized carbons (Fsp3) is 0.421. The summed E-state index contributed by atoms with van der Waals surface area (Å²) in [5.74, 6) is 1.60. The second-order valence-corrected chi connectivity index (χ2v) is 6.96. The lowest BCUT2D eigenvalue weighted by atomic mass is 9.78. The second-order valence-electron chi connectivity index (χ2n) is 6.96. The van der Waals surface area contributed by atoms with E-state index in [1.807, 2.05) is 47.6 Å². The topological polar surface area (TPSA) is 49.3 Å². The Balaban J connectivity index is 1.52. The van der Waals surface area contributed by atoms with Crippen molar-refractivity contribution in [3.05, 3.63) is 54.5 Å². The highest BCUT2D eigenvalue weighted by Crippen LogP contribution is 2.45. The molecule has 5 nitrogen and oxygen atoms in total. The van der Waals surface area contributed by atoms with Crippen LogP contribution in [0.3, 0.4) is 0 Å². The molecule has 5 heteroatoms. The summed E-state index contributed by atoms with van der Waals surface area (Å²) >= 11 is 0. The number of aromatic nitrogens is 2. The van der Waals surface area contributed by atoms with Crippen LogP contribution in [0.25, 0.3) is 0 Å². The number of carbonyl (C=O) groups is 1. The summed E-state index contributed by atoms with van der Waals surface area (Å²) in [5, 5.41) is 0. The van der Waals surface area contributed by atoms with Gasteiger partial charge in [-0.15, -0.1) is 0 Å². The third-order valence-electron chi connectivity index (χ3n) is 5.52. The molecule has 24 heavy (non-hydrogen) atoms. The second kappa shape index (κ2) is 5.89. The van der Waals surface area contributed by atoms with Crippen molar-refractivity contribution in [2.45, 2.75) is 19.9 Å². The average molecular weight is 322 g/mol. The fourth-order valence-electron chi connectivity index (χ4n) is 4.11. The van der Waals surface area contributed by atoms with Gasteiger partial charge in [-0.1, -0.05) is 19.1 Å². The maximum Gasteiger partial charge on any atom is 0.231 e. The molecule has 0 aromatic carbocycles. The van der Waals surface area contributed by atoms with E-state index in [0.717, 1.165) is 37.4 Å². The number of likely N-dealkylation sites (tertiary alicyclic amines) is 1. The van der Waals surface area contributed by atoms with Gasteiger partial charge in [0.15, 0.2) is 0 Å². The van der Waals surface area contributed by atoms with Crippen LogP contribution in [0.5, 0.6) is 0 Å². The molecule has 2 atom stereocenters. The normalized spacial score (nSPS) is 26.5. The van der Waals surface area contributed by atoms with Gasteiger partial charge in [0.1, 0.15) is 5.82 Å². The lowest BCUT2D eigenvalue weighted by Crippen LogP contribution is -2.39. The van der Waals surface area contributed by atoms with Gasteiger partial charge in [-0.05, 0) is 36.1 Å². The van der Waals surface area contributed by atoms with Crippen molar-refractivity contribution in [1.82, 2.24) is 14.9 Å². The van der Waals surface area contributed by atoms with Gasteiger partial charge in [0.2, 0.25) is 5.91 Å². The van der Waals surface area contributed by atoms with Crippen molar-refractivity contribution in [3.8, 4) is 0 Å². The number of anilines is 1. The van der Waals surface area contributed by atoms with Crippen LogP contribution in [-0.2, 0) is 11.3 Å². The smallest absolute Gasteiger partial charge is 0.231 e. The van der Waals surface area contributed by atoms with Crippen molar-refractivity contribution >= 4 is 11.7 Å². The molecule has 2 aromatic heterocycles. The first-order valence-corrected chi connectivity index (χ1v) is 8.53. The van der Waals surface area contributed by atoms with E-state index in [-0.39, 0.29) is 11.3 Å². The molecule has 0 radical (unpaired) electrons. The van der Waals surface area contributed by atoms with E-state index in [9.17, 15) is 4.79 Å². The standard InChI is InChI=1S/C19H22N4O/c1-15-12-23(17-6-2-3-9-21-17)14-19(15)7-10-22(18(19)24)13-16-5-4-8-20-11-16/h2-6,8-9,11,15H,7,10,12-14H2,1H3/t15-,19-/m1/s1. The van der Waals surface area contributed by atoms with E-state index in [1.165, 1.54) is 0 Å². The Labute approximate surface area is 142 Å². The highest BCUT2D eigenvalue weighted by atomic mass is 16.2. The van der Waals surface area contributed by atoms with E-state index >= 15 is 0 Å². The molecule has 0 aliphatic carbocycles. The minimum Gasteiger partial charge on any atom is -0.355 e. The molecule has 1 amide bonds. The lowest BCUT2D eigenvalue weighted by molar-refractivity contribution is -0.137. The predicted molar refractivity (Wildman–Crippen MR) is 92.3 cm³/mol. The first-order valence-electron chi connectivity index (χ1n) is 8.53. The molecule has 2 saturated heterocycles. The number of carbonyl (C=O) groups excluding carboxylic acids is 1. The summed E-state index contributed by atoms with van der Waals surface area (Å²) in [7, 11) is 0. The zero-order valence-electron chi connectivity index (χ0n) is 13.9. The number of rotatable bonds is 3. The van der Waals surface area contributed by atoms with Gasteiger partial charge in [0.05, 0.1) is 5.41 Å². The molecule has 2 aliphatic rings. The summed E-state index contributed by atoms with van der Waals surface area (Å²) in [6.45, 7) is 5.35. The molecule has 0 N–H and O–H groups in total. The number of amides is 1. The highest BCUT2D eigenvalue weighted by molar-refractivity contribution is 5.86. The minimum atomic E-state index is -0.264. The van der Waals surface area contributed by atoms with Crippen LogP contribution < -0.4 is 4.90 Å². The molecule has 2 aliphatic heterocycles. The number of pyridine rings is 2. The Morgan fingerprint density at radius 2 is 2.17 bits per heavy atom. The van der Waals surface area contributed by atoms with Gasteiger partial charge in [0.25, 0.3) is 0 Å². The molecule has 2 aromatic rings. The monoisotopic (exact) mass is 322 g/mol. The van der Waals surface area contributed by atoms with Gasteiger partial charge >= 0.3 is 0 Å². The first kappa shape index (κ1) is 15.1. The van der Waals surface area contributed by atoms with Crippen LogP contribution in [0.2, 0.25) is 0 Å². The van der Waals surface area contributed by atoms with E-state index in [0.29, 0.717) is 12.5 Å². The van der Waals surface area contributed by atoms with E-state index in [4.69, 9.17) is 0 Å². The van der Waals surface area contributed by atoms with Crippen LogP contribution in [0, 0.1) is 11.3 Å². The molecule has 4 heterocycles.